The van der Waals surface area contributed by atoms with Crippen LogP contribution in [-0.2, 0) is 0 Å². The van der Waals surface area contributed by atoms with Crippen LogP contribution in [-0.4, -0.2) is 39.2 Å². The third kappa shape index (κ3) is 3.78. The van der Waals surface area contributed by atoms with Gasteiger partial charge in [0.2, 0.25) is 0 Å². The van der Waals surface area contributed by atoms with E-state index in [1.807, 2.05) is 33.5 Å². The van der Waals surface area contributed by atoms with E-state index in [1.165, 1.54) is 4.90 Å². The molecule has 1 aromatic carbocycles. The van der Waals surface area contributed by atoms with Crippen molar-refractivity contribution in [1.29, 1.82) is 0 Å². The normalized spacial score (nSPS) is 17.9. The third-order valence-corrected chi connectivity index (χ3v) is 5.46. The van der Waals surface area contributed by atoms with Crippen molar-refractivity contribution in [2.75, 3.05) is 18.8 Å². The molecule has 1 aliphatic heterocycles. The number of benzene rings is 1. The number of rotatable bonds is 5. The van der Waals surface area contributed by atoms with E-state index in [1.54, 1.807) is 6.20 Å². The summed E-state index contributed by atoms with van der Waals surface area (Å²) in [6.07, 6.45) is 4.68. The highest BCUT2D eigenvalue weighted by Crippen LogP contribution is 2.26. The van der Waals surface area contributed by atoms with E-state index in [2.05, 4.69) is 43.1 Å². The maximum absolute atomic E-state index is 12.7. The number of imidazole rings is 1. The zero-order chi connectivity index (χ0) is 16.2. The summed E-state index contributed by atoms with van der Waals surface area (Å²) in [6.45, 7) is 5.82. The van der Waals surface area contributed by atoms with Gasteiger partial charge in [-0.2, -0.15) is 0 Å². The number of thioether (sulfide) groups is 1. The van der Waals surface area contributed by atoms with Gasteiger partial charge in [-0.1, -0.05) is 18.2 Å². The predicted octanol–water partition coefficient (Wildman–Crippen LogP) is 3.72. The van der Waals surface area contributed by atoms with Crippen LogP contribution in [0.3, 0.4) is 0 Å². The molecular weight excluding hydrogens is 306 g/mol. The molecule has 0 spiro atoms. The molecule has 5 heteroatoms. The van der Waals surface area contributed by atoms with Crippen LogP contribution in [0.5, 0.6) is 0 Å². The largest absolute Gasteiger partial charge is 0.336 e. The second-order valence-electron chi connectivity index (χ2n) is 6.28. The minimum atomic E-state index is 0.0657. The van der Waals surface area contributed by atoms with E-state index in [-0.39, 0.29) is 11.9 Å². The summed E-state index contributed by atoms with van der Waals surface area (Å²) in [7, 11) is 0. The van der Waals surface area contributed by atoms with E-state index in [0.29, 0.717) is 11.7 Å². The van der Waals surface area contributed by atoms with E-state index < -0.39 is 0 Å². The molecule has 3 rings (SSSR count). The van der Waals surface area contributed by atoms with Crippen LogP contribution in [0.15, 0.2) is 47.6 Å². The van der Waals surface area contributed by atoms with Crippen LogP contribution >= 0.6 is 11.8 Å². The van der Waals surface area contributed by atoms with Crippen LogP contribution in [0.25, 0.3) is 0 Å². The van der Waals surface area contributed by atoms with Crippen molar-refractivity contribution in [3.63, 3.8) is 0 Å². The molecule has 4 nitrogen and oxygen atoms in total. The fourth-order valence-electron chi connectivity index (χ4n) is 2.92. The first-order valence-corrected chi connectivity index (χ1v) is 9.13. The Bertz CT molecular complexity index is 653. The van der Waals surface area contributed by atoms with Gasteiger partial charge in [0.05, 0.1) is 0 Å². The molecule has 0 aliphatic carbocycles. The lowest BCUT2D eigenvalue weighted by atomic mass is 10.2. The van der Waals surface area contributed by atoms with E-state index in [4.69, 9.17) is 0 Å². The van der Waals surface area contributed by atoms with Crippen LogP contribution in [0.2, 0.25) is 0 Å². The molecular formula is C18H23N3OS. The molecule has 2 heterocycles. The Morgan fingerprint density at radius 1 is 1.35 bits per heavy atom. The standard InChI is InChI=1S/C18H23N3OS/c1-14(2)21-11-9-19-17(21)18(22)20-10-8-15(12-20)13-23-16-6-4-3-5-7-16/h3-7,9,11,14-15H,8,10,12-13H2,1-2H3. The molecule has 1 amide bonds. The Hall–Kier alpha value is -1.75. The number of hydrogen-bond donors (Lipinski definition) is 0. The maximum atomic E-state index is 12.7. The Labute approximate surface area is 141 Å². The molecule has 1 atom stereocenters. The predicted molar refractivity (Wildman–Crippen MR) is 93.8 cm³/mol. The zero-order valence-electron chi connectivity index (χ0n) is 13.7. The van der Waals surface area contributed by atoms with Crippen molar-refractivity contribution in [3.05, 3.63) is 48.5 Å². The van der Waals surface area contributed by atoms with E-state index in [9.17, 15) is 4.79 Å². The van der Waals surface area contributed by atoms with Crippen molar-refractivity contribution >= 4 is 17.7 Å². The second-order valence-corrected chi connectivity index (χ2v) is 7.38. The van der Waals surface area contributed by atoms with Crippen molar-refractivity contribution in [3.8, 4) is 0 Å². The van der Waals surface area contributed by atoms with Gasteiger partial charge in [0.15, 0.2) is 5.82 Å². The van der Waals surface area contributed by atoms with E-state index >= 15 is 0 Å². The van der Waals surface area contributed by atoms with Gasteiger partial charge in [0.1, 0.15) is 0 Å². The summed E-state index contributed by atoms with van der Waals surface area (Å²) < 4.78 is 1.95. The average Bonchev–Trinajstić information content (AvgIpc) is 3.22. The molecule has 0 bridgehead atoms. The molecule has 23 heavy (non-hydrogen) atoms. The summed E-state index contributed by atoms with van der Waals surface area (Å²) in [4.78, 5) is 20.2. The van der Waals surface area contributed by atoms with Gasteiger partial charge in [0.25, 0.3) is 5.91 Å². The molecule has 122 valence electrons. The van der Waals surface area contributed by atoms with Crippen molar-refractivity contribution in [1.82, 2.24) is 14.5 Å². The maximum Gasteiger partial charge on any atom is 0.289 e. The van der Waals surface area contributed by atoms with Gasteiger partial charge in [-0.15, -0.1) is 11.8 Å². The van der Waals surface area contributed by atoms with Crippen molar-refractivity contribution in [2.45, 2.75) is 31.2 Å². The van der Waals surface area contributed by atoms with Crippen molar-refractivity contribution < 1.29 is 4.79 Å². The second kappa shape index (κ2) is 7.21. The van der Waals surface area contributed by atoms with Crippen LogP contribution in [0.4, 0.5) is 0 Å². The first-order valence-electron chi connectivity index (χ1n) is 8.15. The molecule has 1 aromatic heterocycles. The van der Waals surface area contributed by atoms with Gasteiger partial charge >= 0.3 is 0 Å². The number of aromatic nitrogens is 2. The molecule has 1 aliphatic rings. The summed E-state index contributed by atoms with van der Waals surface area (Å²) in [6, 6.07) is 10.7. The quantitative estimate of drug-likeness (QED) is 0.785. The third-order valence-electron chi connectivity index (χ3n) is 4.22. The first-order chi connectivity index (χ1) is 11.1. The lowest BCUT2D eigenvalue weighted by molar-refractivity contribution is 0.0769. The smallest absolute Gasteiger partial charge is 0.289 e. The van der Waals surface area contributed by atoms with Gasteiger partial charge in [-0.05, 0) is 38.3 Å². The fraction of sp³-hybridized carbons (Fsp3) is 0.444. The van der Waals surface area contributed by atoms with Crippen molar-refractivity contribution in [2.24, 2.45) is 5.92 Å². The Morgan fingerprint density at radius 2 is 2.13 bits per heavy atom. The fourth-order valence-corrected chi connectivity index (χ4v) is 3.97. The number of amides is 1. The highest BCUT2D eigenvalue weighted by molar-refractivity contribution is 7.99. The topological polar surface area (TPSA) is 38.1 Å². The summed E-state index contributed by atoms with van der Waals surface area (Å²) in [5, 5.41) is 0. The zero-order valence-corrected chi connectivity index (χ0v) is 14.5. The molecule has 0 saturated carbocycles. The number of hydrogen-bond acceptors (Lipinski definition) is 3. The molecule has 0 radical (unpaired) electrons. The van der Waals surface area contributed by atoms with Gasteiger partial charge in [0, 0.05) is 42.2 Å². The highest BCUT2D eigenvalue weighted by atomic mass is 32.2. The van der Waals surface area contributed by atoms with Crippen LogP contribution < -0.4 is 0 Å². The highest BCUT2D eigenvalue weighted by Gasteiger charge is 2.29. The molecule has 1 fully saturated rings. The van der Waals surface area contributed by atoms with Gasteiger partial charge < -0.3 is 9.47 Å². The number of nitrogens with zero attached hydrogens (tertiary/aromatic N) is 3. The SMILES string of the molecule is CC(C)n1ccnc1C(=O)N1CCC(CSc2ccccc2)C1. The van der Waals surface area contributed by atoms with Gasteiger partial charge in [-0.3, -0.25) is 4.79 Å². The monoisotopic (exact) mass is 329 g/mol. The summed E-state index contributed by atoms with van der Waals surface area (Å²) in [5.74, 6) is 2.26. The minimum absolute atomic E-state index is 0.0657. The lowest BCUT2D eigenvalue weighted by Gasteiger charge is -2.18. The van der Waals surface area contributed by atoms with Gasteiger partial charge in [-0.25, -0.2) is 4.98 Å². The lowest BCUT2D eigenvalue weighted by Crippen LogP contribution is -2.31. The molecule has 2 aromatic rings. The summed E-state index contributed by atoms with van der Waals surface area (Å²) >= 11 is 1.88. The Balaban J connectivity index is 1.57. The number of likely N-dealkylation sites (tertiary alicyclic amines) is 1. The average molecular weight is 329 g/mol. The minimum Gasteiger partial charge on any atom is -0.336 e. The van der Waals surface area contributed by atoms with E-state index in [0.717, 1.165) is 25.3 Å². The van der Waals surface area contributed by atoms with Crippen LogP contribution in [0.1, 0.15) is 36.9 Å². The number of carbonyl (C=O) groups excluding carboxylic acids is 1. The summed E-state index contributed by atoms with van der Waals surface area (Å²) in [5.41, 5.74) is 0. The first kappa shape index (κ1) is 16.1. The molecule has 1 unspecified atom stereocenters. The Kier molecular flexibility index (Phi) is 5.06. The molecule has 1 saturated heterocycles. The van der Waals surface area contributed by atoms with Crippen LogP contribution in [0, 0.1) is 5.92 Å². The number of carbonyl (C=O) groups is 1. The molecule has 0 N–H and O–H groups in total. The Morgan fingerprint density at radius 3 is 2.87 bits per heavy atom.